The lowest BCUT2D eigenvalue weighted by Crippen LogP contribution is -2.44. The van der Waals surface area contributed by atoms with E-state index in [1.54, 1.807) is 0 Å². The van der Waals surface area contributed by atoms with E-state index < -0.39 is 0 Å². The van der Waals surface area contributed by atoms with Crippen LogP contribution in [0.4, 0.5) is 0 Å². The summed E-state index contributed by atoms with van der Waals surface area (Å²) in [4.78, 5) is 14.5. The van der Waals surface area contributed by atoms with Gasteiger partial charge in [0.25, 0.3) is 0 Å². The van der Waals surface area contributed by atoms with Crippen molar-refractivity contribution in [2.45, 2.75) is 31.4 Å². The summed E-state index contributed by atoms with van der Waals surface area (Å²) in [6.45, 7) is 1.79. The average molecular weight is 309 g/mol. The maximum atomic E-state index is 12.6. The minimum Gasteiger partial charge on any atom is -0.370 e. The van der Waals surface area contributed by atoms with Crippen LogP contribution in [-0.4, -0.2) is 36.5 Å². The third kappa shape index (κ3) is 3.23. The summed E-state index contributed by atoms with van der Waals surface area (Å²) in [5.41, 5.74) is 6.88. The van der Waals surface area contributed by atoms with Crippen LogP contribution in [0, 0.1) is 5.92 Å². The van der Waals surface area contributed by atoms with Gasteiger partial charge in [-0.1, -0.05) is 29.8 Å². The molecular formula is C16H21ClN2O2. The van der Waals surface area contributed by atoms with Crippen LogP contribution in [0.15, 0.2) is 24.3 Å². The summed E-state index contributed by atoms with van der Waals surface area (Å²) in [5.74, 6) is 0.313. The van der Waals surface area contributed by atoms with Gasteiger partial charge < -0.3 is 15.4 Å². The molecule has 1 aromatic carbocycles. The molecule has 1 saturated heterocycles. The van der Waals surface area contributed by atoms with Gasteiger partial charge in [-0.25, -0.2) is 0 Å². The maximum absolute atomic E-state index is 12.6. The number of amides is 1. The number of halogens is 1. The molecule has 1 aliphatic carbocycles. The Bertz CT molecular complexity index is 523. The van der Waals surface area contributed by atoms with Crippen molar-refractivity contribution < 1.29 is 9.53 Å². The van der Waals surface area contributed by atoms with E-state index in [2.05, 4.69) is 0 Å². The van der Waals surface area contributed by atoms with Crippen LogP contribution in [0.25, 0.3) is 0 Å². The van der Waals surface area contributed by atoms with Crippen molar-refractivity contribution in [2.75, 3.05) is 19.7 Å². The SMILES string of the molecule is N[C@@H]1CC[C@@H](C(=O)N2CCO[C@H](c3ccccc3Cl)C2)C1. The first-order valence-corrected chi connectivity index (χ1v) is 7.93. The van der Waals surface area contributed by atoms with E-state index in [-0.39, 0.29) is 24.0 Å². The smallest absolute Gasteiger partial charge is 0.225 e. The van der Waals surface area contributed by atoms with Crippen LogP contribution < -0.4 is 5.73 Å². The second kappa shape index (κ2) is 6.34. The lowest BCUT2D eigenvalue weighted by Gasteiger charge is -2.35. The number of carbonyl (C=O) groups is 1. The monoisotopic (exact) mass is 308 g/mol. The highest BCUT2D eigenvalue weighted by Gasteiger charge is 2.34. The Kier molecular flexibility index (Phi) is 4.48. The van der Waals surface area contributed by atoms with Gasteiger partial charge in [-0.05, 0) is 25.3 Å². The zero-order valence-corrected chi connectivity index (χ0v) is 12.8. The van der Waals surface area contributed by atoms with Gasteiger partial charge in [0.05, 0.1) is 13.2 Å². The van der Waals surface area contributed by atoms with Gasteiger partial charge in [-0.3, -0.25) is 4.79 Å². The standard InChI is InChI=1S/C16H21ClN2O2/c17-14-4-2-1-3-13(14)15-10-19(7-8-21-15)16(20)11-5-6-12(18)9-11/h1-4,11-12,15H,5-10,18H2/t11-,12-,15+/m1/s1. The predicted molar refractivity (Wildman–Crippen MR) is 82.0 cm³/mol. The molecule has 2 aliphatic rings. The number of ether oxygens (including phenoxy) is 1. The van der Waals surface area contributed by atoms with Crippen LogP contribution in [0.2, 0.25) is 5.02 Å². The van der Waals surface area contributed by atoms with Crippen molar-refractivity contribution >= 4 is 17.5 Å². The molecule has 1 aromatic rings. The second-order valence-corrected chi connectivity index (χ2v) is 6.34. The zero-order chi connectivity index (χ0) is 14.8. The van der Waals surface area contributed by atoms with Gasteiger partial charge in [-0.15, -0.1) is 0 Å². The largest absolute Gasteiger partial charge is 0.370 e. The topological polar surface area (TPSA) is 55.6 Å². The van der Waals surface area contributed by atoms with Gasteiger partial charge in [0.1, 0.15) is 6.10 Å². The molecule has 2 N–H and O–H groups in total. The molecule has 114 valence electrons. The number of rotatable bonds is 2. The molecule has 2 fully saturated rings. The van der Waals surface area contributed by atoms with Crippen molar-refractivity contribution in [3.05, 3.63) is 34.9 Å². The minimum atomic E-state index is -0.133. The lowest BCUT2D eigenvalue weighted by atomic mass is 10.0. The Morgan fingerprint density at radius 1 is 1.33 bits per heavy atom. The van der Waals surface area contributed by atoms with Crippen molar-refractivity contribution in [3.8, 4) is 0 Å². The maximum Gasteiger partial charge on any atom is 0.225 e. The van der Waals surface area contributed by atoms with Crippen LogP contribution in [0.1, 0.15) is 30.9 Å². The summed E-state index contributed by atoms with van der Waals surface area (Å²) in [6.07, 6.45) is 2.54. The molecule has 3 rings (SSSR count). The highest BCUT2D eigenvalue weighted by atomic mass is 35.5. The molecular weight excluding hydrogens is 288 g/mol. The molecule has 21 heavy (non-hydrogen) atoms. The Morgan fingerprint density at radius 3 is 2.86 bits per heavy atom. The first-order valence-electron chi connectivity index (χ1n) is 7.55. The van der Waals surface area contributed by atoms with Crippen LogP contribution in [0.3, 0.4) is 0 Å². The van der Waals surface area contributed by atoms with E-state index in [1.165, 1.54) is 0 Å². The van der Waals surface area contributed by atoms with Crippen LogP contribution in [0.5, 0.6) is 0 Å². The van der Waals surface area contributed by atoms with Crippen LogP contribution in [-0.2, 0) is 9.53 Å². The molecule has 0 radical (unpaired) electrons. The molecule has 0 bridgehead atoms. The number of morpholine rings is 1. The first kappa shape index (κ1) is 14.8. The summed E-state index contributed by atoms with van der Waals surface area (Å²) < 4.78 is 5.81. The van der Waals surface area contributed by atoms with Crippen molar-refractivity contribution in [3.63, 3.8) is 0 Å². The van der Waals surface area contributed by atoms with Gasteiger partial charge in [0.2, 0.25) is 5.91 Å². The highest BCUT2D eigenvalue weighted by Crippen LogP contribution is 2.31. The van der Waals surface area contributed by atoms with E-state index in [1.807, 2.05) is 29.2 Å². The molecule has 5 heteroatoms. The van der Waals surface area contributed by atoms with Crippen molar-refractivity contribution in [2.24, 2.45) is 11.7 Å². The number of carbonyl (C=O) groups excluding carboxylic acids is 1. The fraction of sp³-hybridized carbons (Fsp3) is 0.562. The third-order valence-electron chi connectivity index (χ3n) is 4.45. The summed E-state index contributed by atoms with van der Waals surface area (Å²) in [6, 6.07) is 7.85. The van der Waals surface area contributed by atoms with E-state index >= 15 is 0 Å². The minimum absolute atomic E-state index is 0.0880. The summed E-state index contributed by atoms with van der Waals surface area (Å²) in [5, 5.41) is 0.694. The third-order valence-corrected chi connectivity index (χ3v) is 4.80. The van der Waals surface area contributed by atoms with E-state index in [9.17, 15) is 4.79 Å². The summed E-state index contributed by atoms with van der Waals surface area (Å²) >= 11 is 6.23. The Hall–Kier alpha value is -1.10. The van der Waals surface area contributed by atoms with Gasteiger partial charge in [0.15, 0.2) is 0 Å². The average Bonchev–Trinajstić information content (AvgIpc) is 2.94. The molecule has 3 atom stereocenters. The Balaban J connectivity index is 1.68. The number of benzene rings is 1. The van der Waals surface area contributed by atoms with Gasteiger partial charge in [-0.2, -0.15) is 0 Å². The lowest BCUT2D eigenvalue weighted by molar-refractivity contribution is -0.143. The number of nitrogens with zero attached hydrogens (tertiary/aromatic N) is 1. The normalized spacial score (nSPS) is 29.6. The molecule has 1 aliphatic heterocycles. The number of hydrogen-bond acceptors (Lipinski definition) is 3. The number of hydrogen-bond donors (Lipinski definition) is 1. The molecule has 0 unspecified atom stereocenters. The summed E-state index contributed by atoms with van der Waals surface area (Å²) in [7, 11) is 0. The van der Waals surface area contributed by atoms with Gasteiger partial charge >= 0.3 is 0 Å². The zero-order valence-electron chi connectivity index (χ0n) is 12.0. The van der Waals surface area contributed by atoms with E-state index in [4.69, 9.17) is 22.1 Å². The van der Waals surface area contributed by atoms with E-state index in [0.717, 1.165) is 24.8 Å². The van der Waals surface area contributed by atoms with E-state index in [0.29, 0.717) is 24.7 Å². The first-order chi connectivity index (χ1) is 10.1. The Labute approximate surface area is 130 Å². The van der Waals surface area contributed by atoms with Crippen molar-refractivity contribution in [1.29, 1.82) is 0 Å². The fourth-order valence-corrected chi connectivity index (χ4v) is 3.53. The fourth-order valence-electron chi connectivity index (χ4n) is 3.27. The Morgan fingerprint density at radius 2 is 2.14 bits per heavy atom. The number of nitrogens with two attached hydrogens (primary N) is 1. The van der Waals surface area contributed by atoms with Crippen LogP contribution >= 0.6 is 11.6 Å². The molecule has 4 nitrogen and oxygen atoms in total. The molecule has 0 spiro atoms. The molecule has 1 amide bonds. The quantitative estimate of drug-likeness (QED) is 0.912. The van der Waals surface area contributed by atoms with Crippen molar-refractivity contribution in [1.82, 2.24) is 4.90 Å². The molecule has 1 saturated carbocycles. The molecule has 1 heterocycles. The second-order valence-electron chi connectivity index (χ2n) is 5.94. The highest BCUT2D eigenvalue weighted by molar-refractivity contribution is 6.31. The van der Waals surface area contributed by atoms with Gasteiger partial charge in [0, 0.05) is 29.1 Å². The predicted octanol–water partition coefficient (Wildman–Crippen LogP) is 2.37. The molecule has 0 aromatic heterocycles.